The number of rotatable bonds is 7. The minimum Gasteiger partial charge on any atom is -0.495 e. The molecule has 1 aromatic heterocycles. The van der Waals surface area contributed by atoms with Crippen LogP contribution in [-0.4, -0.2) is 65.7 Å². The number of amides is 1. The number of benzene rings is 2. The van der Waals surface area contributed by atoms with Gasteiger partial charge in [0.15, 0.2) is 0 Å². The van der Waals surface area contributed by atoms with Gasteiger partial charge in [0.2, 0.25) is 17.6 Å². The lowest BCUT2D eigenvalue weighted by Crippen LogP contribution is -2.49. The van der Waals surface area contributed by atoms with Crippen LogP contribution in [0.25, 0.3) is 11.4 Å². The van der Waals surface area contributed by atoms with Gasteiger partial charge in [-0.1, -0.05) is 47.1 Å². The molecule has 4 rings (SSSR count). The number of para-hydroxylation sites is 2. The Morgan fingerprint density at radius 3 is 2.56 bits per heavy atom. The first-order chi connectivity index (χ1) is 15.5. The van der Waals surface area contributed by atoms with Gasteiger partial charge < -0.3 is 14.6 Å². The third-order valence-corrected chi connectivity index (χ3v) is 5.81. The van der Waals surface area contributed by atoms with Gasteiger partial charge in [0, 0.05) is 31.7 Å². The van der Waals surface area contributed by atoms with Crippen molar-refractivity contribution in [2.75, 3.05) is 45.2 Å². The van der Waals surface area contributed by atoms with E-state index in [9.17, 15) is 4.79 Å². The number of aromatic nitrogens is 2. The number of methoxy groups -OCH3 is 1. The highest BCUT2D eigenvalue weighted by molar-refractivity contribution is 5.93. The lowest BCUT2D eigenvalue weighted by molar-refractivity contribution is -0.117. The first-order valence-corrected chi connectivity index (χ1v) is 10.8. The van der Waals surface area contributed by atoms with E-state index < -0.39 is 0 Å². The first-order valence-electron chi connectivity index (χ1n) is 10.8. The number of carbonyl (C=O) groups is 1. The Hall–Kier alpha value is -3.23. The van der Waals surface area contributed by atoms with E-state index >= 15 is 0 Å². The van der Waals surface area contributed by atoms with Crippen molar-refractivity contribution >= 4 is 11.6 Å². The molecule has 168 valence electrons. The largest absolute Gasteiger partial charge is 0.495 e. The molecule has 1 aliphatic rings. The third kappa shape index (κ3) is 5.15. The standard InChI is InChI=1S/C24H29N5O3/c1-17-8-10-19(11-9-17)23-26-24(32-27-23)18(2)29-14-12-28(13-15-29)16-22(30)25-20-6-4-5-7-21(20)31-3/h4-11,18H,12-16H2,1-3H3,(H,25,30). The average molecular weight is 436 g/mol. The van der Waals surface area contributed by atoms with Crippen molar-refractivity contribution in [1.82, 2.24) is 19.9 Å². The predicted octanol–water partition coefficient (Wildman–Crippen LogP) is 3.37. The molecule has 0 radical (unpaired) electrons. The molecule has 1 unspecified atom stereocenters. The highest BCUT2D eigenvalue weighted by Crippen LogP contribution is 2.25. The number of ether oxygens (including phenoxy) is 1. The third-order valence-electron chi connectivity index (χ3n) is 5.81. The molecule has 0 aliphatic carbocycles. The monoisotopic (exact) mass is 435 g/mol. The second-order valence-electron chi connectivity index (χ2n) is 8.06. The molecule has 8 heteroatoms. The Labute approximate surface area is 188 Å². The Kier molecular flexibility index (Phi) is 6.82. The number of nitrogens with zero attached hydrogens (tertiary/aromatic N) is 4. The normalized spacial score (nSPS) is 16.0. The zero-order chi connectivity index (χ0) is 22.5. The topological polar surface area (TPSA) is 83.7 Å². The molecule has 1 aliphatic heterocycles. The van der Waals surface area contributed by atoms with Crippen molar-refractivity contribution in [1.29, 1.82) is 0 Å². The van der Waals surface area contributed by atoms with Crippen molar-refractivity contribution < 1.29 is 14.1 Å². The lowest BCUT2D eigenvalue weighted by atomic mass is 10.1. The van der Waals surface area contributed by atoms with Crippen molar-refractivity contribution in [3.05, 3.63) is 60.0 Å². The summed E-state index contributed by atoms with van der Waals surface area (Å²) in [6.07, 6.45) is 0. The fourth-order valence-corrected chi connectivity index (χ4v) is 3.83. The van der Waals surface area contributed by atoms with Gasteiger partial charge in [-0.05, 0) is 26.0 Å². The SMILES string of the molecule is COc1ccccc1NC(=O)CN1CCN(C(C)c2nc(-c3ccc(C)cc3)no2)CC1. The molecule has 2 heterocycles. The van der Waals surface area contributed by atoms with E-state index in [-0.39, 0.29) is 11.9 Å². The Bertz CT molecular complexity index is 1040. The number of hydrogen-bond acceptors (Lipinski definition) is 7. The number of piperazine rings is 1. The Balaban J connectivity index is 1.29. The quantitative estimate of drug-likeness (QED) is 0.609. The number of nitrogens with one attached hydrogen (secondary N) is 1. The molecule has 1 saturated heterocycles. The zero-order valence-electron chi connectivity index (χ0n) is 18.7. The number of anilines is 1. The van der Waals surface area contributed by atoms with E-state index in [0.29, 0.717) is 29.7 Å². The lowest BCUT2D eigenvalue weighted by Gasteiger charge is -2.36. The van der Waals surface area contributed by atoms with Crippen molar-refractivity contribution in [2.45, 2.75) is 19.9 Å². The smallest absolute Gasteiger partial charge is 0.244 e. The summed E-state index contributed by atoms with van der Waals surface area (Å²) in [7, 11) is 1.60. The molecule has 1 atom stereocenters. The van der Waals surface area contributed by atoms with Crippen LogP contribution >= 0.6 is 0 Å². The number of carbonyl (C=O) groups excluding carboxylic acids is 1. The molecular weight excluding hydrogens is 406 g/mol. The molecular formula is C24H29N5O3. The second kappa shape index (κ2) is 9.93. The molecule has 32 heavy (non-hydrogen) atoms. The minimum atomic E-state index is -0.0457. The molecule has 2 aromatic carbocycles. The van der Waals surface area contributed by atoms with Gasteiger partial charge in [-0.2, -0.15) is 4.98 Å². The van der Waals surface area contributed by atoms with Gasteiger partial charge in [0.25, 0.3) is 0 Å². The second-order valence-corrected chi connectivity index (χ2v) is 8.06. The van der Waals surface area contributed by atoms with Gasteiger partial charge in [-0.3, -0.25) is 14.6 Å². The fraction of sp³-hybridized carbons (Fsp3) is 0.375. The maximum Gasteiger partial charge on any atom is 0.244 e. The van der Waals surface area contributed by atoms with Gasteiger partial charge in [-0.15, -0.1) is 0 Å². The molecule has 0 spiro atoms. The fourth-order valence-electron chi connectivity index (χ4n) is 3.83. The molecule has 1 N–H and O–H groups in total. The Morgan fingerprint density at radius 1 is 1.12 bits per heavy atom. The van der Waals surface area contributed by atoms with Gasteiger partial charge in [-0.25, -0.2) is 0 Å². The summed E-state index contributed by atoms with van der Waals surface area (Å²) in [6.45, 7) is 7.71. The van der Waals surface area contributed by atoms with E-state index in [1.165, 1.54) is 5.56 Å². The van der Waals surface area contributed by atoms with Crippen LogP contribution in [0.1, 0.15) is 24.4 Å². The van der Waals surface area contributed by atoms with Crippen LogP contribution in [0.2, 0.25) is 0 Å². The molecule has 1 amide bonds. The van der Waals surface area contributed by atoms with E-state index in [1.807, 2.05) is 48.5 Å². The van der Waals surface area contributed by atoms with Gasteiger partial charge >= 0.3 is 0 Å². The summed E-state index contributed by atoms with van der Waals surface area (Å²) in [6, 6.07) is 15.5. The predicted molar refractivity (Wildman–Crippen MR) is 123 cm³/mol. The van der Waals surface area contributed by atoms with E-state index in [2.05, 4.69) is 39.1 Å². The van der Waals surface area contributed by atoms with Crippen molar-refractivity contribution in [2.24, 2.45) is 0 Å². The van der Waals surface area contributed by atoms with Crippen LogP contribution in [0.5, 0.6) is 5.75 Å². The number of hydrogen-bond donors (Lipinski definition) is 1. The van der Waals surface area contributed by atoms with Crippen LogP contribution in [0.4, 0.5) is 5.69 Å². The summed E-state index contributed by atoms with van der Waals surface area (Å²) in [5, 5.41) is 7.09. The average Bonchev–Trinajstić information content (AvgIpc) is 3.30. The highest BCUT2D eigenvalue weighted by Gasteiger charge is 2.26. The molecule has 1 fully saturated rings. The molecule has 8 nitrogen and oxygen atoms in total. The van der Waals surface area contributed by atoms with E-state index in [4.69, 9.17) is 9.26 Å². The van der Waals surface area contributed by atoms with Gasteiger partial charge in [0.05, 0.1) is 25.4 Å². The highest BCUT2D eigenvalue weighted by atomic mass is 16.5. The summed E-state index contributed by atoms with van der Waals surface area (Å²) < 4.78 is 10.9. The zero-order valence-corrected chi connectivity index (χ0v) is 18.7. The summed E-state index contributed by atoms with van der Waals surface area (Å²) in [5.74, 6) is 1.83. The molecule has 3 aromatic rings. The van der Waals surface area contributed by atoms with Crippen LogP contribution in [0.3, 0.4) is 0 Å². The minimum absolute atomic E-state index is 0.0197. The first kappa shape index (κ1) is 22.0. The molecule has 0 bridgehead atoms. The molecule has 0 saturated carbocycles. The van der Waals surface area contributed by atoms with E-state index in [0.717, 1.165) is 31.7 Å². The van der Waals surface area contributed by atoms with Crippen LogP contribution < -0.4 is 10.1 Å². The van der Waals surface area contributed by atoms with E-state index in [1.54, 1.807) is 7.11 Å². The summed E-state index contributed by atoms with van der Waals surface area (Å²) in [5.41, 5.74) is 2.83. The summed E-state index contributed by atoms with van der Waals surface area (Å²) in [4.78, 5) is 21.6. The van der Waals surface area contributed by atoms with Crippen molar-refractivity contribution in [3.8, 4) is 17.1 Å². The maximum atomic E-state index is 12.5. The van der Waals surface area contributed by atoms with Crippen LogP contribution in [0, 0.1) is 6.92 Å². The Morgan fingerprint density at radius 2 is 1.84 bits per heavy atom. The summed E-state index contributed by atoms with van der Waals surface area (Å²) >= 11 is 0. The van der Waals surface area contributed by atoms with Crippen LogP contribution in [-0.2, 0) is 4.79 Å². The maximum absolute atomic E-state index is 12.5. The number of aryl methyl sites for hydroxylation is 1. The van der Waals surface area contributed by atoms with Crippen molar-refractivity contribution in [3.63, 3.8) is 0 Å². The van der Waals surface area contributed by atoms with Crippen LogP contribution in [0.15, 0.2) is 53.1 Å². The van der Waals surface area contributed by atoms with Gasteiger partial charge in [0.1, 0.15) is 5.75 Å².